The molecule has 0 aliphatic heterocycles. The normalized spacial score (nSPS) is 10.8. The van der Waals surface area contributed by atoms with Gasteiger partial charge in [-0.25, -0.2) is 9.37 Å². The highest BCUT2D eigenvalue weighted by molar-refractivity contribution is 5.88. The number of H-pyrrole nitrogens is 1. The second-order valence-electron chi connectivity index (χ2n) is 5.52. The molecule has 4 rings (SSSR count). The molecule has 0 amide bonds. The molecule has 2 aromatic heterocycles. The molecule has 25 heavy (non-hydrogen) atoms. The number of halogens is 1. The van der Waals surface area contributed by atoms with Crippen LogP contribution in [0.4, 0.5) is 4.39 Å². The van der Waals surface area contributed by atoms with Crippen LogP contribution in [0.15, 0.2) is 66.9 Å². The molecule has 0 spiro atoms. The third kappa shape index (κ3) is 2.92. The van der Waals surface area contributed by atoms with Crippen LogP contribution in [-0.2, 0) is 0 Å². The topological polar surface area (TPSA) is 47.1 Å². The molecule has 2 aromatic carbocycles. The Balaban J connectivity index is 1.74. The molecule has 0 saturated heterocycles. The van der Waals surface area contributed by atoms with E-state index >= 15 is 0 Å². The number of para-hydroxylation sites is 1. The fourth-order valence-corrected chi connectivity index (χ4v) is 2.66. The minimum atomic E-state index is -0.404. The first kappa shape index (κ1) is 15.2. The zero-order valence-corrected chi connectivity index (χ0v) is 13.5. The van der Waals surface area contributed by atoms with Gasteiger partial charge in [0.2, 0.25) is 0 Å². The number of hydrogen-bond acceptors (Lipinski definition) is 3. The summed E-state index contributed by atoms with van der Waals surface area (Å²) in [6.07, 6.45) is 1.63. The van der Waals surface area contributed by atoms with Gasteiger partial charge in [-0.15, -0.1) is 0 Å². The predicted octanol–water partition coefficient (Wildman–Crippen LogP) is 5.17. The molecular weight excluding hydrogens is 319 g/mol. The van der Waals surface area contributed by atoms with E-state index in [2.05, 4.69) is 9.97 Å². The number of pyridine rings is 1. The minimum absolute atomic E-state index is 0.183. The number of methoxy groups -OCH3 is 1. The van der Waals surface area contributed by atoms with Gasteiger partial charge in [0.05, 0.1) is 12.5 Å². The van der Waals surface area contributed by atoms with Crippen molar-refractivity contribution in [2.75, 3.05) is 7.11 Å². The number of aromatic nitrogens is 2. The summed E-state index contributed by atoms with van der Waals surface area (Å²) in [5, 5.41) is 0.788. The maximum absolute atomic E-state index is 13.9. The molecule has 5 heteroatoms. The van der Waals surface area contributed by atoms with Gasteiger partial charge in [0, 0.05) is 11.9 Å². The fourth-order valence-electron chi connectivity index (χ4n) is 2.66. The second-order valence-corrected chi connectivity index (χ2v) is 5.52. The Kier molecular flexibility index (Phi) is 3.82. The summed E-state index contributed by atoms with van der Waals surface area (Å²) in [6, 6.07) is 17.7. The first-order chi connectivity index (χ1) is 12.2. The molecule has 0 radical (unpaired) electrons. The van der Waals surface area contributed by atoms with Crippen LogP contribution < -0.4 is 9.47 Å². The molecule has 0 aliphatic carbocycles. The Morgan fingerprint density at radius 3 is 2.52 bits per heavy atom. The molecule has 0 saturated carbocycles. The van der Waals surface area contributed by atoms with E-state index in [1.54, 1.807) is 37.6 Å². The molecule has 124 valence electrons. The first-order valence-corrected chi connectivity index (χ1v) is 7.79. The lowest BCUT2D eigenvalue weighted by atomic mass is 10.1. The van der Waals surface area contributed by atoms with Crippen molar-refractivity contribution in [3.8, 4) is 28.5 Å². The highest BCUT2D eigenvalue weighted by atomic mass is 19.1. The highest BCUT2D eigenvalue weighted by Gasteiger charge is 2.11. The summed E-state index contributed by atoms with van der Waals surface area (Å²) in [7, 11) is 1.63. The SMILES string of the molecule is COc1ccc(-c2cc3c(Oc4ccccc4F)ccnc3[nH]2)cc1. The summed E-state index contributed by atoms with van der Waals surface area (Å²) in [5.74, 6) is 1.12. The molecule has 0 atom stereocenters. The molecule has 4 nitrogen and oxygen atoms in total. The van der Waals surface area contributed by atoms with Gasteiger partial charge in [-0.3, -0.25) is 0 Å². The van der Waals surface area contributed by atoms with E-state index in [1.807, 2.05) is 30.3 Å². The average molecular weight is 334 g/mol. The van der Waals surface area contributed by atoms with Crippen LogP contribution in [0.2, 0.25) is 0 Å². The Morgan fingerprint density at radius 1 is 0.960 bits per heavy atom. The van der Waals surface area contributed by atoms with Crippen LogP contribution in [-0.4, -0.2) is 17.1 Å². The number of aromatic amines is 1. The predicted molar refractivity (Wildman–Crippen MR) is 94.6 cm³/mol. The average Bonchev–Trinajstić information content (AvgIpc) is 3.09. The summed E-state index contributed by atoms with van der Waals surface area (Å²) >= 11 is 0. The molecule has 0 fully saturated rings. The van der Waals surface area contributed by atoms with Crippen LogP contribution in [0.25, 0.3) is 22.3 Å². The summed E-state index contributed by atoms with van der Waals surface area (Å²) in [6.45, 7) is 0. The van der Waals surface area contributed by atoms with E-state index in [0.717, 1.165) is 22.4 Å². The van der Waals surface area contributed by atoms with Gasteiger partial charge in [-0.2, -0.15) is 0 Å². The quantitative estimate of drug-likeness (QED) is 0.560. The van der Waals surface area contributed by atoms with Crippen molar-refractivity contribution < 1.29 is 13.9 Å². The van der Waals surface area contributed by atoms with Crippen molar-refractivity contribution in [2.24, 2.45) is 0 Å². The van der Waals surface area contributed by atoms with Crippen molar-refractivity contribution >= 4 is 11.0 Å². The maximum atomic E-state index is 13.9. The molecule has 2 heterocycles. The van der Waals surface area contributed by atoms with E-state index < -0.39 is 5.82 Å². The number of hydrogen-bond donors (Lipinski definition) is 1. The molecule has 1 N–H and O–H groups in total. The van der Waals surface area contributed by atoms with Gasteiger partial charge in [0.15, 0.2) is 11.6 Å². The van der Waals surface area contributed by atoms with E-state index in [9.17, 15) is 4.39 Å². The third-order valence-electron chi connectivity index (χ3n) is 3.95. The van der Waals surface area contributed by atoms with Crippen LogP contribution in [0, 0.1) is 5.82 Å². The molecular formula is C20H15FN2O2. The maximum Gasteiger partial charge on any atom is 0.165 e. The van der Waals surface area contributed by atoms with Gasteiger partial charge in [-0.05, 0) is 54.1 Å². The van der Waals surface area contributed by atoms with Gasteiger partial charge in [-0.1, -0.05) is 12.1 Å². The van der Waals surface area contributed by atoms with Crippen molar-refractivity contribution in [2.45, 2.75) is 0 Å². The van der Waals surface area contributed by atoms with Crippen LogP contribution in [0.1, 0.15) is 0 Å². The van der Waals surface area contributed by atoms with Crippen molar-refractivity contribution in [1.82, 2.24) is 9.97 Å². The number of nitrogens with one attached hydrogen (secondary N) is 1. The lowest BCUT2D eigenvalue weighted by Gasteiger charge is -2.07. The number of fused-ring (bicyclic) bond motifs is 1. The Hall–Kier alpha value is -3.34. The third-order valence-corrected chi connectivity index (χ3v) is 3.95. The molecule has 4 aromatic rings. The van der Waals surface area contributed by atoms with Gasteiger partial charge < -0.3 is 14.5 Å². The standard InChI is InChI=1S/C20H15FN2O2/c1-24-14-8-6-13(7-9-14)17-12-15-18(10-11-22-20(15)23-17)25-19-5-3-2-4-16(19)21/h2-12H,1H3,(H,22,23). The van der Waals surface area contributed by atoms with Gasteiger partial charge in [0.25, 0.3) is 0 Å². The van der Waals surface area contributed by atoms with E-state index in [4.69, 9.17) is 9.47 Å². The monoisotopic (exact) mass is 334 g/mol. The zero-order chi connectivity index (χ0) is 17.2. The Bertz CT molecular complexity index is 1030. The lowest BCUT2D eigenvalue weighted by Crippen LogP contribution is -1.89. The first-order valence-electron chi connectivity index (χ1n) is 7.79. The van der Waals surface area contributed by atoms with E-state index in [1.165, 1.54) is 6.07 Å². The van der Waals surface area contributed by atoms with Crippen molar-refractivity contribution in [3.63, 3.8) is 0 Å². The second kappa shape index (κ2) is 6.28. The number of nitrogens with zero attached hydrogens (tertiary/aromatic N) is 1. The molecule has 0 aliphatic rings. The van der Waals surface area contributed by atoms with E-state index in [-0.39, 0.29) is 5.75 Å². The Morgan fingerprint density at radius 2 is 1.76 bits per heavy atom. The van der Waals surface area contributed by atoms with Gasteiger partial charge >= 0.3 is 0 Å². The zero-order valence-electron chi connectivity index (χ0n) is 13.5. The fraction of sp³-hybridized carbons (Fsp3) is 0.0500. The van der Waals surface area contributed by atoms with Crippen LogP contribution in [0.5, 0.6) is 17.2 Å². The number of rotatable bonds is 4. The smallest absolute Gasteiger partial charge is 0.165 e. The van der Waals surface area contributed by atoms with Crippen molar-refractivity contribution in [3.05, 3.63) is 72.7 Å². The van der Waals surface area contributed by atoms with E-state index in [0.29, 0.717) is 11.4 Å². The highest BCUT2D eigenvalue weighted by Crippen LogP contribution is 2.33. The lowest BCUT2D eigenvalue weighted by molar-refractivity contribution is 0.415. The van der Waals surface area contributed by atoms with Crippen LogP contribution in [0.3, 0.4) is 0 Å². The number of benzene rings is 2. The summed E-state index contributed by atoms with van der Waals surface area (Å²) in [5.41, 5.74) is 2.57. The minimum Gasteiger partial charge on any atom is -0.497 e. The largest absolute Gasteiger partial charge is 0.497 e. The van der Waals surface area contributed by atoms with Gasteiger partial charge in [0.1, 0.15) is 17.1 Å². The van der Waals surface area contributed by atoms with Crippen LogP contribution >= 0.6 is 0 Å². The summed E-state index contributed by atoms with van der Waals surface area (Å²) in [4.78, 5) is 7.60. The van der Waals surface area contributed by atoms with Crippen molar-refractivity contribution in [1.29, 1.82) is 0 Å². The molecule has 0 unspecified atom stereocenters. The Labute approximate surface area is 143 Å². The summed E-state index contributed by atoms with van der Waals surface area (Å²) < 4.78 is 24.8. The molecule has 0 bridgehead atoms. The number of ether oxygens (including phenoxy) is 2.